The lowest BCUT2D eigenvalue weighted by atomic mass is 10.0. The predicted molar refractivity (Wildman–Crippen MR) is 82.3 cm³/mol. The van der Waals surface area contributed by atoms with E-state index in [9.17, 15) is 0 Å². The lowest BCUT2D eigenvalue weighted by Crippen LogP contribution is -2.21. The second kappa shape index (κ2) is 6.75. The summed E-state index contributed by atoms with van der Waals surface area (Å²) in [5.74, 6) is 1.08. The first-order valence-corrected chi connectivity index (χ1v) is 7.83. The van der Waals surface area contributed by atoms with E-state index in [0.717, 1.165) is 39.4 Å². The van der Waals surface area contributed by atoms with E-state index in [4.69, 9.17) is 23.2 Å². The molecule has 0 aliphatic rings. The molecule has 3 nitrogen and oxygen atoms in total. The molecule has 0 aliphatic heterocycles. The number of aryl methyl sites for hydroxylation is 2. The molecule has 0 aromatic carbocycles. The number of aromatic nitrogens is 2. The third kappa shape index (κ3) is 3.72. The Morgan fingerprint density at radius 3 is 2.79 bits per heavy atom. The number of hydrogen-bond acceptors (Lipinski definition) is 3. The van der Waals surface area contributed by atoms with Crippen molar-refractivity contribution in [3.8, 4) is 0 Å². The van der Waals surface area contributed by atoms with Gasteiger partial charge in [0.2, 0.25) is 0 Å². The van der Waals surface area contributed by atoms with Gasteiger partial charge >= 0.3 is 0 Å². The molecule has 0 aliphatic carbocycles. The topological polar surface area (TPSA) is 29.9 Å². The normalized spacial score (nSPS) is 12.8. The van der Waals surface area contributed by atoms with Crippen molar-refractivity contribution in [3.63, 3.8) is 0 Å². The zero-order valence-electron chi connectivity index (χ0n) is 11.0. The molecule has 0 amide bonds. The third-order valence-electron chi connectivity index (χ3n) is 3.09. The molecule has 2 rings (SSSR count). The number of nitrogens with zero attached hydrogens (tertiary/aromatic N) is 2. The van der Waals surface area contributed by atoms with E-state index in [2.05, 4.69) is 17.2 Å². The summed E-state index contributed by atoms with van der Waals surface area (Å²) in [7, 11) is 2.01. The minimum Gasteiger partial charge on any atom is -0.338 e. The van der Waals surface area contributed by atoms with E-state index in [0.29, 0.717) is 0 Å². The van der Waals surface area contributed by atoms with Crippen molar-refractivity contribution in [3.05, 3.63) is 38.5 Å². The Bertz CT molecular complexity index is 536. The summed E-state index contributed by atoms with van der Waals surface area (Å²) >= 11 is 13.7. The lowest BCUT2D eigenvalue weighted by molar-refractivity contribution is 0.507. The van der Waals surface area contributed by atoms with Crippen LogP contribution < -0.4 is 5.32 Å². The van der Waals surface area contributed by atoms with Gasteiger partial charge in [0.25, 0.3) is 0 Å². The van der Waals surface area contributed by atoms with Gasteiger partial charge in [0.05, 0.1) is 8.67 Å². The van der Waals surface area contributed by atoms with Crippen LogP contribution in [0.1, 0.15) is 30.8 Å². The molecule has 0 spiro atoms. The molecule has 0 radical (unpaired) electrons. The maximum Gasteiger partial charge on any atom is 0.108 e. The summed E-state index contributed by atoms with van der Waals surface area (Å²) in [5.41, 5.74) is 1.09. The van der Waals surface area contributed by atoms with Crippen molar-refractivity contribution in [2.24, 2.45) is 7.05 Å². The van der Waals surface area contributed by atoms with Crippen LogP contribution in [0, 0.1) is 0 Å². The molecule has 19 heavy (non-hydrogen) atoms. The molecule has 1 N–H and O–H groups in total. The first-order valence-electron chi connectivity index (χ1n) is 6.26. The molecule has 2 aromatic heterocycles. The number of halogens is 2. The van der Waals surface area contributed by atoms with Crippen LogP contribution in [-0.2, 0) is 13.5 Å². The molecule has 6 heteroatoms. The van der Waals surface area contributed by atoms with Gasteiger partial charge in [-0.2, -0.15) is 0 Å². The zero-order valence-corrected chi connectivity index (χ0v) is 13.3. The number of hydrogen-bond donors (Lipinski definition) is 1. The quantitative estimate of drug-likeness (QED) is 0.870. The highest BCUT2D eigenvalue weighted by atomic mass is 35.5. The lowest BCUT2D eigenvalue weighted by Gasteiger charge is -2.17. The van der Waals surface area contributed by atoms with Crippen LogP contribution in [0.25, 0.3) is 0 Å². The van der Waals surface area contributed by atoms with Crippen LogP contribution in [0.4, 0.5) is 0 Å². The fourth-order valence-electron chi connectivity index (χ4n) is 2.12. The zero-order chi connectivity index (χ0) is 13.8. The highest BCUT2D eigenvalue weighted by molar-refractivity contribution is 7.20. The summed E-state index contributed by atoms with van der Waals surface area (Å²) in [4.78, 5) is 4.35. The van der Waals surface area contributed by atoms with Crippen molar-refractivity contribution in [1.29, 1.82) is 0 Å². The molecule has 0 saturated heterocycles. The van der Waals surface area contributed by atoms with Gasteiger partial charge in [-0.3, -0.25) is 0 Å². The Kier molecular flexibility index (Phi) is 5.28. The highest BCUT2D eigenvalue weighted by Crippen LogP contribution is 2.36. The molecular formula is C13H17Cl2N3S. The van der Waals surface area contributed by atoms with Gasteiger partial charge in [-0.15, -0.1) is 11.3 Å². The van der Waals surface area contributed by atoms with E-state index in [-0.39, 0.29) is 6.04 Å². The van der Waals surface area contributed by atoms with Crippen LogP contribution in [-0.4, -0.2) is 16.1 Å². The first kappa shape index (κ1) is 14.9. The van der Waals surface area contributed by atoms with E-state index in [1.807, 2.05) is 30.1 Å². The molecule has 104 valence electrons. The maximum absolute atomic E-state index is 6.24. The molecule has 1 unspecified atom stereocenters. The van der Waals surface area contributed by atoms with Gasteiger partial charge in [0.15, 0.2) is 0 Å². The second-order valence-electron chi connectivity index (χ2n) is 4.38. The van der Waals surface area contributed by atoms with Crippen molar-refractivity contribution in [2.45, 2.75) is 25.8 Å². The number of nitrogens with one attached hydrogen (secondary N) is 1. The van der Waals surface area contributed by atoms with Crippen LogP contribution in [0.3, 0.4) is 0 Å². The number of thiophene rings is 1. The average molecular weight is 318 g/mol. The number of imidazole rings is 1. The summed E-state index contributed by atoms with van der Waals surface area (Å²) in [6.45, 7) is 2.99. The van der Waals surface area contributed by atoms with Crippen LogP contribution >= 0.6 is 34.5 Å². The highest BCUT2D eigenvalue weighted by Gasteiger charge is 2.17. The molecule has 1 atom stereocenters. The van der Waals surface area contributed by atoms with E-state index in [1.165, 1.54) is 11.3 Å². The Labute approximate surface area is 127 Å². The van der Waals surface area contributed by atoms with Crippen LogP contribution in [0.5, 0.6) is 0 Å². The number of rotatable bonds is 6. The summed E-state index contributed by atoms with van der Waals surface area (Å²) in [6.07, 6.45) is 5.65. The summed E-state index contributed by atoms with van der Waals surface area (Å²) < 4.78 is 3.56. The fraction of sp³-hybridized carbons (Fsp3) is 0.462. The standard InChI is InChI=1S/C13H17Cl2N3S/c1-3-16-10(9-8-11(14)19-13(9)15)4-5-12-17-6-7-18(12)2/h6-8,10,16H,3-5H2,1-2H3. The van der Waals surface area contributed by atoms with Crippen molar-refractivity contribution < 1.29 is 0 Å². The Hall–Kier alpha value is -0.550. The van der Waals surface area contributed by atoms with Crippen LogP contribution in [0.15, 0.2) is 18.5 Å². The molecule has 2 aromatic rings. The summed E-state index contributed by atoms with van der Waals surface area (Å²) in [5, 5.41) is 3.46. The molecule has 0 fully saturated rings. The van der Waals surface area contributed by atoms with Crippen LogP contribution in [0.2, 0.25) is 8.67 Å². The summed E-state index contributed by atoms with van der Waals surface area (Å²) in [6, 6.07) is 2.18. The van der Waals surface area contributed by atoms with Crippen molar-refractivity contribution >= 4 is 34.5 Å². The average Bonchev–Trinajstić information content (AvgIpc) is 2.91. The van der Waals surface area contributed by atoms with Crippen molar-refractivity contribution in [2.75, 3.05) is 6.54 Å². The molecule has 0 bridgehead atoms. The van der Waals surface area contributed by atoms with E-state index < -0.39 is 0 Å². The first-order chi connectivity index (χ1) is 9.11. The SMILES string of the molecule is CCNC(CCc1nccn1C)c1cc(Cl)sc1Cl. The fourth-order valence-corrected chi connectivity index (χ4v) is 3.69. The van der Waals surface area contributed by atoms with Gasteiger partial charge in [-0.25, -0.2) is 4.98 Å². The van der Waals surface area contributed by atoms with Gasteiger partial charge in [0, 0.05) is 37.5 Å². The molecule has 0 saturated carbocycles. The van der Waals surface area contributed by atoms with Gasteiger partial charge in [-0.05, 0) is 19.0 Å². The Balaban J connectivity index is 2.08. The Morgan fingerprint density at radius 2 is 2.26 bits per heavy atom. The smallest absolute Gasteiger partial charge is 0.108 e. The Morgan fingerprint density at radius 1 is 1.47 bits per heavy atom. The largest absolute Gasteiger partial charge is 0.338 e. The molecular weight excluding hydrogens is 301 g/mol. The van der Waals surface area contributed by atoms with E-state index >= 15 is 0 Å². The van der Waals surface area contributed by atoms with E-state index in [1.54, 1.807) is 0 Å². The van der Waals surface area contributed by atoms with Gasteiger partial charge < -0.3 is 9.88 Å². The monoisotopic (exact) mass is 317 g/mol. The minimum absolute atomic E-state index is 0.220. The molecule has 2 heterocycles. The minimum atomic E-state index is 0.220. The third-order valence-corrected chi connectivity index (χ3v) is 4.60. The predicted octanol–water partition coefficient (Wildman–Crippen LogP) is 4.07. The van der Waals surface area contributed by atoms with Gasteiger partial charge in [-0.1, -0.05) is 30.1 Å². The second-order valence-corrected chi connectivity index (χ2v) is 6.67. The maximum atomic E-state index is 6.24. The van der Waals surface area contributed by atoms with Gasteiger partial charge in [0.1, 0.15) is 5.82 Å². The van der Waals surface area contributed by atoms with Crippen molar-refractivity contribution in [1.82, 2.24) is 14.9 Å².